The molecule has 0 aromatic heterocycles. The number of nitrogens with one attached hydrogen (secondary N) is 3. The third-order valence-electron chi connectivity index (χ3n) is 2.85. The smallest absolute Gasteiger partial charge is 0.326 e. The Kier molecular flexibility index (Phi) is 6.54. The zero-order valence-corrected chi connectivity index (χ0v) is 13.4. The number of halogens is 3. The van der Waals surface area contributed by atoms with Crippen molar-refractivity contribution in [1.29, 1.82) is 0 Å². The van der Waals surface area contributed by atoms with Crippen LogP contribution in [0.1, 0.15) is 6.92 Å². The van der Waals surface area contributed by atoms with Crippen LogP contribution in [-0.2, 0) is 14.8 Å². The maximum absolute atomic E-state index is 12.1. The van der Waals surface area contributed by atoms with Gasteiger partial charge in [-0.1, -0.05) is 6.92 Å². The van der Waals surface area contributed by atoms with Gasteiger partial charge in [0, 0.05) is 18.2 Å². The minimum absolute atomic E-state index is 0.259. The van der Waals surface area contributed by atoms with E-state index in [0.717, 1.165) is 12.1 Å². The maximum Gasteiger partial charge on any atom is 0.402 e. The van der Waals surface area contributed by atoms with E-state index in [4.69, 9.17) is 0 Å². The molecule has 0 bridgehead atoms. The van der Waals surface area contributed by atoms with Gasteiger partial charge in [0.1, 0.15) is 6.54 Å². The SMILES string of the molecule is CNCC(C)C(=O)Nc1ccc(S(=O)(=O)NCC(F)(F)F)cc1. The Labute approximate surface area is 132 Å². The van der Waals surface area contributed by atoms with Crippen LogP contribution < -0.4 is 15.4 Å². The summed E-state index contributed by atoms with van der Waals surface area (Å²) in [5.41, 5.74) is 0.354. The average molecular weight is 353 g/mol. The molecule has 130 valence electrons. The number of hydrogen-bond acceptors (Lipinski definition) is 4. The lowest BCUT2D eigenvalue weighted by molar-refractivity contribution is -0.121. The number of anilines is 1. The van der Waals surface area contributed by atoms with Crippen LogP contribution in [-0.4, -0.2) is 40.6 Å². The second kappa shape index (κ2) is 7.75. The number of sulfonamides is 1. The number of rotatable bonds is 7. The highest BCUT2D eigenvalue weighted by Gasteiger charge is 2.30. The van der Waals surface area contributed by atoms with Gasteiger partial charge in [0.15, 0.2) is 0 Å². The van der Waals surface area contributed by atoms with E-state index in [2.05, 4.69) is 10.6 Å². The van der Waals surface area contributed by atoms with Crippen LogP contribution in [0.2, 0.25) is 0 Å². The van der Waals surface area contributed by atoms with Gasteiger partial charge in [-0.2, -0.15) is 13.2 Å². The molecule has 1 rings (SSSR count). The predicted octanol–water partition coefficient (Wildman–Crippen LogP) is 1.32. The van der Waals surface area contributed by atoms with E-state index >= 15 is 0 Å². The van der Waals surface area contributed by atoms with Crippen molar-refractivity contribution in [2.45, 2.75) is 18.0 Å². The first-order valence-corrected chi connectivity index (χ1v) is 8.15. The number of benzene rings is 1. The summed E-state index contributed by atoms with van der Waals surface area (Å²) in [6, 6.07) is 4.87. The van der Waals surface area contributed by atoms with Crippen LogP contribution in [0.5, 0.6) is 0 Å². The van der Waals surface area contributed by atoms with Gasteiger partial charge in [-0.3, -0.25) is 4.79 Å². The highest BCUT2D eigenvalue weighted by Crippen LogP contribution is 2.17. The topological polar surface area (TPSA) is 87.3 Å². The number of amides is 1. The van der Waals surface area contributed by atoms with E-state index in [-0.39, 0.29) is 16.7 Å². The summed E-state index contributed by atoms with van der Waals surface area (Å²) in [7, 11) is -2.55. The number of alkyl halides is 3. The van der Waals surface area contributed by atoms with E-state index in [1.165, 1.54) is 16.9 Å². The average Bonchev–Trinajstić information content (AvgIpc) is 2.45. The van der Waals surface area contributed by atoms with Crippen molar-refractivity contribution in [1.82, 2.24) is 10.0 Å². The van der Waals surface area contributed by atoms with E-state index in [0.29, 0.717) is 12.2 Å². The first kappa shape index (κ1) is 19.4. The Morgan fingerprint density at radius 2 is 1.78 bits per heavy atom. The molecule has 3 N–H and O–H groups in total. The Morgan fingerprint density at radius 3 is 2.26 bits per heavy atom. The zero-order valence-electron chi connectivity index (χ0n) is 12.6. The molecule has 0 spiro atoms. The second-order valence-electron chi connectivity index (χ2n) is 4.91. The third-order valence-corrected chi connectivity index (χ3v) is 4.27. The summed E-state index contributed by atoms with van der Waals surface area (Å²) in [4.78, 5) is 11.5. The first-order chi connectivity index (χ1) is 10.5. The molecule has 6 nitrogen and oxygen atoms in total. The highest BCUT2D eigenvalue weighted by molar-refractivity contribution is 7.89. The van der Waals surface area contributed by atoms with Gasteiger partial charge in [-0.15, -0.1) is 0 Å². The number of carbonyl (C=O) groups is 1. The predicted molar refractivity (Wildman–Crippen MR) is 79.4 cm³/mol. The molecule has 0 saturated carbocycles. The number of hydrogen-bond donors (Lipinski definition) is 3. The molecule has 1 amide bonds. The monoisotopic (exact) mass is 353 g/mol. The van der Waals surface area contributed by atoms with E-state index in [1.807, 2.05) is 0 Å². The fourth-order valence-corrected chi connectivity index (χ4v) is 2.66. The van der Waals surface area contributed by atoms with Crippen molar-refractivity contribution in [3.8, 4) is 0 Å². The van der Waals surface area contributed by atoms with Gasteiger partial charge >= 0.3 is 6.18 Å². The van der Waals surface area contributed by atoms with E-state index < -0.39 is 22.7 Å². The fraction of sp³-hybridized carbons (Fsp3) is 0.462. The van der Waals surface area contributed by atoms with Gasteiger partial charge < -0.3 is 10.6 Å². The van der Waals surface area contributed by atoms with Crippen molar-refractivity contribution in [2.24, 2.45) is 5.92 Å². The molecule has 1 aromatic carbocycles. The van der Waals surface area contributed by atoms with Crippen molar-refractivity contribution in [3.63, 3.8) is 0 Å². The normalized spacial score (nSPS) is 13.6. The molecule has 0 aliphatic rings. The Bertz CT molecular complexity index is 630. The quantitative estimate of drug-likeness (QED) is 0.690. The van der Waals surface area contributed by atoms with Gasteiger partial charge in [0.05, 0.1) is 4.90 Å². The maximum atomic E-state index is 12.1. The molecule has 0 radical (unpaired) electrons. The van der Waals surface area contributed by atoms with Crippen molar-refractivity contribution >= 4 is 21.6 Å². The highest BCUT2D eigenvalue weighted by atomic mass is 32.2. The fourth-order valence-electron chi connectivity index (χ4n) is 1.64. The summed E-state index contributed by atoms with van der Waals surface area (Å²) >= 11 is 0. The molecular formula is C13H18F3N3O3S. The first-order valence-electron chi connectivity index (χ1n) is 6.67. The second-order valence-corrected chi connectivity index (χ2v) is 6.68. The van der Waals surface area contributed by atoms with Crippen molar-refractivity contribution < 1.29 is 26.4 Å². The van der Waals surface area contributed by atoms with Crippen LogP contribution >= 0.6 is 0 Å². The zero-order chi connectivity index (χ0) is 17.7. The van der Waals surface area contributed by atoms with Crippen LogP contribution in [0.25, 0.3) is 0 Å². The molecule has 23 heavy (non-hydrogen) atoms. The lowest BCUT2D eigenvalue weighted by atomic mass is 10.1. The largest absolute Gasteiger partial charge is 0.402 e. The summed E-state index contributed by atoms with van der Waals surface area (Å²) in [5, 5.41) is 5.44. The molecule has 1 unspecified atom stereocenters. The lowest BCUT2D eigenvalue weighted by Crippen LogP contribution is -2.33. The van der Waals surface area contributed by atoms with Gasteiger partial charge in [0.2, 0.25) is 15.9 Å². The third kappa shape index (κ3) is 6.55. The lowest BCUT2D eigenvalue weighted by Gasteiger charge is -2.12. The van der Waals surface area contributed by atoms with Crippen molar-refractivity contribution in [3.05, 3.63) is 24.3 Å². The molecule has 0 heterocycles. The van der Waals surface area contributed by atoms with Crippen LogP contribution in [0.4, 0.5) is 18.9 Å². The van der Waals surface area contributed by atoms with Gasteiger partial charge in [-0.05, 0) is 31.3 Å². The molecular weight excluding hydrogens is 335 g/mol. The van der Waals surface area contributed by atoms with Gasteiger partial charge in [0.25, 0.3) is 0 Å². The van der Waals surface area contributed by atoms with Crippen LogP contribution in [0.3, 0.4) is 0 Å². The number of carbonyl (C=O) groups excluding carboxylic acids is 1. The molecule has 0 aliphatic carbocycles. The standard InChI is InChI=1S/C13H18F3N3O3S/c1-9(7-17-2)12(20)19-10-3-5-11(6-4-10)23(21,22)18-8-13(14,15)16/h3-6,9,17-18H,7-8H2,1-2H3,(H,19,20). The Balaban J connectivity index is 2.74. The summed E-state index contributed by atoms with van der Waals surface area (Å²) < 4.78 is 61.1. The van der Waals surface area contributed by atoms with Crippen molar-refractivity contribution in [2.75, 3.05) is 25.5 Å². The summed E-state index contributed by atoms with van der Waals surface area (Å²) in [5.74, 6) is -0.554. The molecule has 0 saturated heterocycles. The van der Waals surface area contributed by atoms with E-state index in [1.54, 1.807) is 14.0 Å². The molecule has 1 atom stereocenters. The molecule has 10 heteroatoms. The Hall–Kier alpha value is -1.65. The summed E-state index contributed by atoms with van der Waals surface area (Å²) in [6.07, 6.45) is -4.63. The van der Waals surface area contributed by atoms with Gasteiger partial charge in [-0.25, -0.2) is 13.1 Å². The van der Waals surface area contributed by atoms with Crippen LogP contribution in [0, 0.1) is 5.92 Å². The molecule has 0 fully saturated rings. The molecule has 1 aromatic rings. The minimum Gasteiger partial charge on any atom is -0.326 e. The Morgan fingerprint density at radius 1 is 1.22 bits per heavy atom. The summed E-state index contributed by atoms with van der Waals surface area (Å²) in [6.45, 7) is 0.542. The van der Waals surface area contributed by atoms with Crippen LogP contribution in [0.15, 0.2) is 29.2 Å². The molecule has 0 aliphatic heterocycles. The minimum atomic E-state index is -4.63. The van der Waals surface area contributed by atoms with E-state index in [9.17, 15) is 26.4 Å².